The topological polar surface area (TPSA) is 55.1 Å². The van der Waals surface area contributed by atoms with Crippen LogP contribution in [0, 0.1) is 11.6 Å². The fourth-order valence-corrected chi connectivity index (χ4v) is 2.30. The molecule has 0 aliphatic heterocycles. The molecule has 0 saturated carbocycles. The van der Waals surface area contributed by atoms with Gasteiger partial charge in [0.1, 0.15) is 11.6 Å². The average molecular weight is 282 g/mol. The molecule has 6 heteroatoms. The first-order valence-corrected chi connectivity index (χ1v) is 6.51. The lowest BCUT2D eigenvalue weighted by molar-refractivity contribution is 0.0950. The fraction of sp³-hybridized carbons (Fsp3) is 0.154. The molecule has 3 nitrogen and oxygen atoms in total. The molecule has 2 aromatic rings. The lowest BCUT2D eigenvalue weighted by Gasteiger charge is -2.07. The molecule has 1 aromatic heterocycles. The van der Waals surface area contributed by atoms with Crippen molar-refractivity contribution in [1.82, 2.24) is 5.32 Å². The Morgan fingerprint density at radius 1 is 1.32 bits per heavy atom. The SMILES string of the molecule is Nc1cc(C(=O)NCCc2cccs2)c(F)cc1F. The van der Waals surface area contributed by atoms with E-state index in [9.17, 15) is 13.6 Å². The number of nitrogens with one attached hydrogen (secondary N) is 1. The van der Waals surface area contributed by atoms with Crippen LogP contribution in [0.4, 0.5) is 14.5 Å². The molecule has 0 fully saturated rings. The quantitative estimate of drug-likeness (QED) is 0.847. The first-order chi connectivity index (χ1) is 9.08. The van der Waals surface area contributed by atoms with E-state index >= 15 is 0 Å². The average Bonchev–Trinajstić information content (AvgIpc) is 2.86. The molecule has 0 aliphatic carbocycles. The zero-order valence-electron chi connectivity index (χ0n) is 9.95. The van der Waals surface area contributed by atoms with Crippen LogP contribution in [0.5, 0.6) is 0 Å². The first-order valence-electron chi connectivity index (χ1n) is 5.63. The van der Waals surface area contributed by atoms with Gasteiger partial charge in [-0.05, 0) is 23.9 Å². The zero-order valence-corrected chi connectivity index (χ0v) is 10.8. The molecular formula is C13H12F2N2OS. The van der Waals surface area contributed by atoms with E-state index in [4.69, 9.17) is 5.73 Å². The molecule has 1 heterocycles. The minimum Gasteiger partial charge on any atom is -0.396 e. The number of halogens is 2. The van der Waals surface area contributed by atoms with Gasteiger partial charge in [-0.15, -0.1) is 11.3 Å². The number of nitrogen functional groups attached to an aromatic ring is 1. The van der Waals surface area contributed by atoms with Crippen molar-refractivity contribution in [3.63, 3.8) is 0 Å². The molecule has 100 valence electrons. The van der Waals surface area contributed by atoms with Gasteiger partial charge in [-0.3, -0.25) is 4.79 Å². The highest BCUT2D eigenvalue weighted by molar-refractivity contribution is 7.09. The van der Waals surface area contributed by atoms with Crippen molar-refractivity contribution in [2.45, 2.75) is 6.42 Å². The third-order valence-electron chi connectivity index (χ3n) is 2.57. The lowest BCUT2D eigenvalue weighted by atomic mass is 10.1. The number of rotatable bonds is 4. The summed E-state index contributed by atoms with van der Waals surface area (Å²) in [7, 11) is 0. The maximum atomic E-state index is 13.4. The molecule has 0 spiro atoms. The van der Waals surface area contributed by atoms with Gasteiger partial charge in [-0.1, -0.05) is 6.07 Å². The van der Waals surface area contributed by atoms with Gasteiger partial charge >= 0.3 is 0 Å². The second-order valence-electron chi connectivity index (χ2n) is 3.94. The zero-order chi connectivity index (χ0) is 13.8. The third kappa shape index (κ3) is 3.29. The van der Waals surface area contributed by atoms with E-state index in [1.165, 1.54) is 0 Å². The predicted molar refractivity (Wildman–Crippen MR) is 71.1 cm³/mol. The number of anilines is 1. The van der Waals surface area contributed by atoms with Gasteiger partial charge < -0.3 is 11.1 Å². The van der Waals surface area contributed by atoms with Crippen LogP contribution in [0.15, 0.2) is 29.6 Å². The minimum absolute atomic E-state index is 0.245. The standard InChI is InChI=1S/C13H12F2N2OS/c14-10-7-11(15)12(16)6-9(10)13(18)17-4-3-8-2-1-5-19-8/h1-2,5-7H,3-4,16H2,(H,17,18). The van der Waals surface area contributed by atoms with Crippen LogP contribution < -0.4 is 11.1 Å². The Balaban J connectivity index is 1.98. The monoisotopic (exact) mass is 282 g/mol. The molecule has 3 N–H and O–H groups in total. The van der Waals surface area contributed by atoms with Gasteiger partial charge in [0.25, 0.3) is 5.91 Å². The summed E-state index contributed by atoms with van der Waals surface area (Å²) in [4.78, 5) is 12.9. The summed E-state index contributed by atoms with van der Waals surface area (Å²) in [5, 5.41) is 4.52. The Morgan fingerprint density at radius 3 is 2.79 bits per heavy atom. The Labute approximate surface area is 113 Å². The van der Waals surface area contributed by atoms with Crippen molar-refractivity contribution in [2.75, 3.05) is 12.3 Å². The Hall–Kier alpha value is -1.95. The van der Waals surface area contributed by atoms with Gasteiger partial charge in [-0.2, -0.15) is 0 Å². The number of carbonyl (C=O) groups is 1. The number of carbonyl (C=O) groups excluding carboxylic acids is 1. The highest BCUT2D eigenvalue weighted by atomic mass is 32.1. The summed E-state index contributed by atoms with van der Waals surface area (Å²) in [6.45, 7) is 0.385. The van der Waals surface area contributed by atoms with Crippen molar-refractivity contribution < 1.29 is 13.6 Å². The molecule has 19 heavy (non-hydrogen) atoms. The summed E-state index contributed by atoms with van der Waals surface area (Å²) in [6.07, 6.45) is 0.668. The second-order valence-corrected chi connectivity index (χ2v) is 4.97. The fourth-order valence-electron chi connectivity index (χ4n) is 1.59. The summed E-state index contributed by atoms with van der Waals surface area (Å²) in [5.74, 6) is -2.38. The van der Waals surface area contributed by atoms with Gasteiger partial charge in [-0.25, -0.2) is 8.78 Å². The molecule has 1 amide bonds. The molecule has 0 unspecified atom stereocenters. The van der Waals surface area contributed by atoms with Crippen molar-refractivity contribution in [3.8, 4) is 0 Å². The largest absolute Gasteiger partial charge is 0.396 e. The first kappa shape index (κ1) is 13.5. The Kier molecular flexibility index (Phi) is 4.11. The van der Waals surface area contributed by atoms with E-state index in [0.29, 0.717) is 19.0 Å². The van der Waals surface area contributed by atoms with Gasteiger partial charge in [0.2, 0.25) is 0 Å². The Bertz CT molecular complexity index is 585. The summed E-state index contributed by atoms with van der Waals surface area (Å²) < 4.78 is 26.4. The Morgan fingerprint density at radius 2 is 2.11 bits per heavy atom. The van der Waals surface area contributed by atoms with Crippen molar-refractivity contribution in [2.24, 2.45) is 0 Å². The molecule has 0 saturated heterocycles. The van der Waals surface area contributed by atoms with E-state index in [-0.39, 0.29) is 11.3 Å². The van der Waals surface area contributed by atoms with E-state index in [2.05, 4.69) is 5.32 Å². The third-order valence-corrected chi connectivity index (χ3v) is 3.50. The predicted octanol–water partition coefficient (Wildman–Crippen LogP) is 2.58. The second kappa shape index (κ2) is 5.79. The number of thiophene rings is 1. The van der Waals surface area contributed by atoms with Crippen LogP contribution in [0.2, 0.25) is 0 Å². The smallest absolute Gasteiger partial charge is 0.254 e. The minimum atomic E-state index is -0.916. The van der Waals surface area contributed by atoms with E-state index < -0.39 is 17.5 Å². The van der Waals surface area contributed by atoms with Crippen LogP contribution in [0.1, 0.15) is 15.2 Å². The molecule has 0 atom stereocenters. The normalized spacial score (nSPS) is 10.4. The van der Waals surface area contributed by atoms with Crippen LogP contribution in [0.25, 0.3) is 0 Å². The molecule has 2 rings (SSSR count). The van der Waals surface area contributed by atoms with E-state index in [0.717, 1.165) is 10.9 Å². The van der Waals surface area contributed by atoms with E-state index in [1.807, 2.05) is 17.5 Å². The number of nitrogens with two attached hydrogens (primary N) is 1. The number of hydrogen-bond donors (Lipinski definition) is 2. The highest BCUT2D eigenvalue weighted by Gasteiger charge is 2.14. The van der Waals surface area contributed by atoms with Gasteiger partial charge in [0.05, 0.1) is 11.3 Å². The van der Waals surface area contributed by atoms with Crippen LogP contribution >= 0.6 is 11.3 Å². The summed E-state index contributed by atoms with van der Waals surface area (Å²) >= 11 is 1.58. The highest BCUT2D eigenvalue weighted by Crippen LogP contribution is 2.16. The van der Waals surface area contributed by atoms with Crippen LogP contribution in [-0.2, 0) is 6.42 Å². The number of amides is 1. The van der Waals surface area contributed by atoms with Gasteiger partial charge in [0, 0.05) is 17.5 Å². The number of hydrogen-bond acceptors (Lipinski definition) is 3. The van der Waals surface area contributed by atoms with Crippen LogP contribution in [0.3, 0.4) is 0 Å². The lowest BCUT2D eigenvalue weighted by Crippen LogP contribution is -2.26. The molecule has 0 bridgehead atoms. The van der Waals surface area contributed by atoms with E-state index in [1.54, 1.807) is 11.3 Å². The van der Waals surface area contributed by atoms with Crippen molar-refractivity contribution in [1.29, 1.82) is 0 Å². The number of benzene rings is 1. The maximum absolute atomic E-state index is 13.4. The molecule has 0 radical (unpaired) electrons. The summed E-state index contributed by atoms with van der Waals surface area (Å²) in [5.41, 5.74) is 4.82. The molecule has 0 aliphatic rings. The van der Waals surface area contributed by atoms with Gasteiger partial charge in [0.15, 0.2) is 0 Å². The van der Waals surface area contributed by atoms with Crippen molar-refractivity contribution >= 4 is 22.9 Å². The maximum Gasteiger partial charge on any atom is 0.254 e. The van der Waals surface area contributed by atoms with Crippen LogP contribution in [-0.4, -0.2) is 12.5 Å². The molecule has 1 aromatic carbocycles. The molecular weight excluding hydrogens is 270 g/mol. The summed E-state index contributed by atoms with van der Waals surface area (Å²) in [6, 6.07) is 5.49. The van der Waals surface area contributed by atoms with Crippen molar-refractivity contribution in [3.05, 3.63) is 51.7 Å².